The highest BCUT2D eigenvalue weighted by Crippen LogP contribution is 2.31. The molecule has 4 heteroatoms. The fourth-order valence-electron chi connectivity index (χ4n) is 1.79. The highest BCUT2D eigenvalue weighted by Gasteiger charge is 2.10. The van der Waals surface area contributed by atoms with E-state index in [1.807, 2.05) is 11.8 Å². The predicted molar refractivity (Wildman–Crippen MR) is 69.0 cm³/mol. The van der Waals surface area contributed by atoms with E-state index >= 15 is 0 Å². The molecule has 0 aliphatic carbocycles. The SMILES string of the molecule is NCC(O)CNc1ccc2c(c1)CCCS2. The Morgan fingerprint density at radius 2 is 2.38 bits per heavy atom. The molecule has 0 bridgehead atoms. The zero-order valence-corrected chi connectivity index (χ0v) is 10.1. The lowest BCUT2D eigenvalue weighted by Gasteiger charge is -2.17. The Hall–Kier alpha value is -0.710. The molecule has 1 atom stereocenters. The van der Waals surface area contributed by atoms with E-state index in [0.717, 1.165) is 12.1 Å². The molecule has 1 aliphatic heterocycles. The van der Waals surface area contributed by atoms with E-state index in [1.165, 1.54) is 22.6 Å². The monoisotopic (exact) mass is 238 g/mol. The van der Waals surface area contributed by atoms with Gasteiger partial charge in [0.2, 0.25) is 0 Å². The number of nitrogens with one attached hydrogen (secondary N) is 1. The highest BCUT2D eigenvalue weighted by atomic mass is 32.2. The van der Waals surface area contributed by atoms with Gasteiger partial charge in [0.25, 0.3) is 0 Å². The molecular formula is C12H18N2OS. The summed E-state index contributed by atoms with van der Waals surface area (Å²) < 4.78 is 0. The number of aliphatic hydroxyl groups is 1. The average molecular weight is 238 g/mol. The lowest BCUT2D eigenvalue weighted by atomic mass is 10.1. The lowest BCUT2D eigenvalue weighted by molar-refractivity contribution is 0.196. The summed E-state index contributed by atoms with van der Waals surface area (Å²) in [4.78, 5) is 1.40. The molecule has 88 valence electrons. The van der Waals surface area contributed by atoms with Gasteiger partial charge in [-0.15, -0.1) is 11.8 Å². The van der Waals surface area contributed by atoms with Crippen LogP contribution in [0, 0.1) is 0 Å². The molecule has 0 fully saturated rings. The maximum atomic E-state index is 9.37. The number of thioether (sulfide) groups is 1. The Morgan fingerprint density at radius 1 is 1.50 bits per heavy atom. The van der Waals surface area contributed by atoms with Gasteiger partial charge in [0, 0.05) is 23.7 Å². The summed E-state index contributed by atoms with van der Waals surface area (Å²) in [6.07, 6.45) is 1.95. The summed E-state index contributed by atoms with van der Waals surface area (Å²) in [5, 5.41) is 12.6. The maximum Gasteiger partial charge on any atom is 0.0834 e. The Labute approximate surface area is 100 Å². The zero-order valence-electron chi connectivity index (χ0n) is 9.28. The molecule has 1 unspecified atom stereocenters. The van der Waals surface area contributed by atoms with Crippen molar-refractivity contribution >= 4 is 17.4 Å². The second-order valence-electron chi connectivity index (χ2n) is 4.04. The first-order valence-electron chi connectivity index (χ1n) is 5.67. The molecule has 1 aromatic carbocycles. The third-order valence-electron chi connectivity index (χ3n) is 2.72. The fourth-order valence-corrected chi connectivity index (χ4v) is 2.81. The molecule has 16 heavy (non-hydrogen) atoms. The van der Waals surface area contributed by atoms with Crippen LogP contribution in [0.4, 0.5) is 5.69 Å². The maximum absolute atomic E-state index is 9.37. The van der Waals surface area contributed by atoms with E-state index in [2.05, 4.69) is 23.5 Å². The number of aliphatic hydroxyl groups excluding tert-OH is 1. The molecule has 0 saturated heterocycles. The minimum Gasteiger partial charge on any atom is -0.390 e. The molecule has 0 spiro atoms. The van der Waals surface area contributed by atoms with Crippen LogP contribution in [0.15, 0.2) is 23.1 Å². The van der Waals surface area contributed by atoms with Gasteiger partial charge in [0.1, 0.15) is 0 Å². The van der Waals surface area contributed by atoms with Crippen molar-refractivity contribution in [2.45, 2.75) is 23.8 Å². The smallest absolute Gasteiger partial charge is 0.0834 e. The Kier molecular flexibility index (Phi) is 4.09. The minimum absolute atomic E-state index is 0.299. The van der Waals surface area contributed by atoms with Crippen molar-refractivity contribution in [1.82, 2.24) is 0 Å². The van der Waals surface area contributed by atoms with E-state index < -0.39 is 6.10 Å². The number of anilines is 1. The van der Waals surface area contributed by atoms with E-state index in [0.29, 0.717) is 13.1 Å². The molecule has 3 nitrogen and oxygen atoms in total. The molecule has 0 aromatic heterocycles. The van der Waals surface area contributed by atoms with Crippen molar-refractivity contribution in [3.05, 3.63) is 23.8 Å². The van der Waals surface area contributed by atoms with Crippen LogP contribution in [0.2, 0.25) is 0 Å². The number of benzene rings is 1. The van der Waals surface area contributed by atoms with E-state index in [4.69, 9.17) is 5.73 Å². The second-order valence-corrected chi connectivity index (χ2v) is 5.18. The molecule has 1 aromatic rings. The molecule has 1 heterocycles. The summed E-state index contributed by atoms with van der Waals surface area (Å²) >= 11 is 1.93. The first kappa shape index (κ1) is 11.8. The number of rotatable bonds is 4. The Balaban J connectivity index is 2.00. The van der Waals surface area contributed by atoms with Crippen molar-refractivity contribution in [3.63, 3.8) is 0 Å². The van der Waals surface area contributed by atoms with Gasteiger partial charge in [-0.1, -0.05) is 0 Å². The topological polar surface area (TPSA) is 58.3 Å². The minimum atomic E-state index is -0.467. The first-order chi connectivity index (χ1) is 7.79. The third-order valence-corrected chi connectivity index (χ3v) is 3.92. The van der Waals surface area contributed by atoms with Crippen LogP contribution in [-0.4, -0.2) is 30.1 Å². The van der Waals surface area contributed by atoms with Gasteiger partial charge >= 0.3 is 0 Å². The summed E-state index contributed by atoms with van der Waals surface area (Å²) in [5.41, 5.74) is 7.85. The van der Waals surface area contributed by atoms with Crippen molar-refractivity contribution < 1.29 is 5.11 Å². The molecule has 2 rings (SSSR count). The number of hydrogen-bond acceptors (Lipinski definition) is 4. The van der Waals surface area contributed by atoms with Crippen LogP contribution in [0.5, 0.6) is 0 Å². The van der Waals surface area contributed by atoms with Crippen LogP contribution in [0.25, 0.3) is 0 Å². The Morgan fingerprint density at radius 3 is 3.19 bits per heavy atom. The quantitative estimate of drug-likeness (QED) is 0.743. The van der Waals surface area contributed by atoms with Crippen LogP contribution >= 0.6 is 11.8 Å². The average Bonchev–Trinajstić information content (AvgIpc) is 2.35. The number of nitrogens with two attached hydrogens (primary N) is 1. The van der Waals surface area contributed by atoms with Gasteiger partial charge in [-0.3, -0.25) is 0 Å². The van der Waals surface area contributed by atoms with E-state index in [-0.39, 0.29) is 0 Å². The predicted octanol–water partition coefficient (Wildman–Crippen LogP) is 1.46. The van der Waals surface area contributed by atoms with E-state index in [9.17, 15) is 5.11 Å². The zero-order chi connectivity index (χ0) is 11.4. The van der Waals surface area contributed by atoms with Crippen molar-refractivity contribution in [1.29, 1.82) is 0 Å². The molecule has 0 radical (unpaired) electrons. The van der Waals surface area contributed by atoms with Gasteiger partial charge in [-0.2, -0.15) is 0 Å². The summed E-state index contributed by atoms with van der Waals surface area (Å²) in [7, 11) is 0. The van der Waals surface area contributed by atoms with Crippen molar-refractivity contribution in [2.24, 2.45) is 5.73 Å². The van der Waals surface area contributed by atoms with Gasteiger partial charge < -0.3 is 16.2 Å². The van der Waals surface area contributed by atoms with Crippen LogP contribution < -0.4 is 11.1 Å². The molecule has 4 N–H and O–H groups in total. The van der Waals surface area contributed by atoms with Gasteiger partial charge in [-0.05, 0) is 42.4 Å². The summed E-state index contributed by atoms with van der Waals surface area (Å²) in [6, 6.07) is 6.42. The standard InChI is InChI=1S/C12H18N2OS/c13-7-11(15)8-14-10-3-4-12-9(6-10)2-1-5-16-12/h3-4,6,11,14-15H,1-2,5,7-8,13H2. The first-order valence-corrected chi connectivity index (χ1v) is 6.66. The lowest BCUT2D eigenvalue weighted by Crippen LogP contribution is -2.27. The largest absolute Gasteiger partial charge is 0.390 e. The van der Waals surface area contributed by atoms with Gasteiger partial charge in [-0.25, -0.2) is 0 Å². The van der Waals surface area contributed by atoms with Gasteiger partial charge in [0.05, 0.1) is 6.10 Å². The number of aryl methyl sites for hydroxylation is 1. The van der Waals surface area contributed by atoms with Gasteiger partial charge in [0.15, 0.2) is 0 Å². The summed E-state index contributed by atoms with van der Waals surface area (Å²) in [5.74, 6) is 1.23. The van der Waals surface area contributed by atoms with Crippen molar-refractivity contribution in [3.8, 4) is 0 Å². The van der Waals surface area contributed by atoms with Crippen LogP contribution in [0.3, 0.4) is 0 Å². The normalized spacial score (nSPS) is 16.6. The number of fused-ring (bicyclic) bond motifs is 1. The molecule has 0 amide bonds. The Bertz CT molecular complexity index is 357. The summed E-state index contributed by atoms with van der Waals surface area (Å²) in [6.45, 7) is 0.816. The van der Waals surface area contributed by atoms with Crippen LogP contribution in [-0.2, 0) is 6.42 Å². The van der Waals surface area contributed by atoms with E-state index in [1.54, 1.807) is 0 Å². The second kappa shape index (κ2) is 5.57. The molecule has 0 saturated carbocycles. The van der Waals surface area contributed by atoms with Crippen molar-refractivity contribution in [2.75, 3.05) is 24.2 Å². The number of hydrogen-bond donors (Lipinski definition) is 3. The van der Waals surface area contributed by atoms with Crippen LogP contribution in [0.1, 0.15) is 12.0 Å². The molecule has 1 aliphatic rings. The fraction of sp³-hybridized carbons (Fsp3) is 0.500. The molecular weight excluding hydrogens is 220 g/mol. The third kappa shape index (κ3) is 2.90. The highest BCUT2D eigenvalue weighted by molar-refractivity contribution is 7.99.